The smallest absolute Gasteiger partial charge is 0.123 e. The van der Waals surface area contributed by atoms with E-state index in [4.69, 9.17) is 4.74 Å². The number of hydrogen-bond donors (Lipinski definition) is 1. The summed E-state index contributed by atoms with van der Waals surface area (Å²) in [6.45, 7) is 1.00. The average molecular weight is 232 g/mol. The molecule has 1 atom stereocenters. The van der Waals surface area contributed by atoms with Crippen molar-refractivity contribution < 1.29 is 9.13 Å². The minimum Gasteiger partial charge on any atom is -0.496 e. The van der Waals surface area contributed by atoms with Gasteiger partial charge in [-0.2, -0.15) is 0 Å². The van der Waals surface area contributed by atoms with Crippen LogP contribution in [0.15, 0.2) is 18.2 Å². The Balaban J connectivity index is 0.00000112. The first-order chi connectivity index (χ1) is 6.81. The van der Waals surface area contributed by atoms with Crippen LogP contribution in [-0.4, -0.2) is 13.7 Å². The van der Waals surface area contributed by atoms with Gasteiger partial charge in [0.1, 0.15) is 11.6 Å². The third-order valence-electron chi connectivity index (χ3n) is 2.63. The molecule has 1 aliphatic rings. The summed E-state index contributed by atoms with van der Waals surface area (Å²) < 4.78 is 18.3. The molecule has 0 saturated carbocycles. The average Bonchev–Trinajstić information content (AvgIpc) is 2.70. The molecule has 4 heteroatoms. The standard InChI is InChI=1S/C11H14FNO.ClH/c1-14-11-5-4-8(12)7-9(11)10-3-2-6-13-10;/h4-5,7,10,13H,2-3,6H2,1H3;1H. The highest BCUT2D eigenvalue weighted by Crippen LogP contribution is 2.31. The molecular weight excluding hydrogens is 217 g/mol. The zero-order valence-electron chi connectivity index (χ0n) is 8.63. The van der Waals surface area contributed by atoms with Gasteiger partial charge in [-0.25, -0.2) is 4.39 Å². The second-order valence-electron chi connectivity index (χ2n) is 3.54. The molecule has 1 heterocycles. The Morgan fingerprint density at radius 1 is 1.47 bits per heavy atom. The van der Waals surface area contributed by atoms with E-state index in [9.17, 15) is 4.39 Å². The number of hydrogen-bond acceptors (Lipinski definition) is 2. The van der Waals surface area contributed by atoms with Crippen molar-refractivity contribution in [2.45, 2.75) is 18.9 Å². The molecule has 1 aliphatic heterocycles. The monoisotopic (exact) mass is 231 g/mol. The van der Waals surface area contributed by atoms with Gasteiger partial charge in [0.05, 0.1) is 7.11 Å². The topological polar surface area (TPSA) is 21.3 Å². The summed E-state index contributed by atoms with van der Waals surface area (Å²) in [5, 5.41) is 3.33. The van der Waals surface area contributed by atoms with Crippen LogP contribution in [0.25, 0.3) is 0 Å². The number of nitrogens with one attached hydrogen (secondary N) is 1. The van der Waals surface area contributed by atoms with Crippen LogP contribution in [0.1, 0.15) is 24.4 Å². The van der Waals surface area contributed by atoms with Gasteiger partial charge in [-0.1, -0.05) is 0 Å². The Kier molecular flexibility index (Phi) is 4.36. The number of benzene rings is 1. The fraction of sp³-hybridized carbons (Fsp3) is 0.455. The van der Waals surface area contributed by atoms with E-state index in [2.05, 4.69) is 5.32 Å². The van der Waals surface area contributed by atoms with Gasteiger partial charge in [0, 0.05) is 11.6 Å². The zero-order valence-corrected chi connectivity index (χ0v) is 9.44. The third-order valence-corrected chi connectivity index (χ3v) is 2.63. The first-order valence-corrected chi connectivity index (χ1v) is 4.88. The molecule has 0 spiro atoms. The Morgan fingerprint density at radius 3 is 2.87 bits per heavy atom. The van der Waals surface area contributed by atoms with Crippen LogP contribution in [0, 0.1) is 5.82 Å². The van der Waals surface area contributed by atoms with Crippen molar-refractivity contribution in [1.29, 1.82) is 0 Å². The molecule has 1 fully saturated rings. The van der Waals surface area contributed by atoms with Crippen molar-refractivity contribution in [2.75, 3.05) is 13.7 Å². The number of methoxy groups -OCH3 is 1. The molecule has 1 N–H and O–H groups in total. The van der Waals surface area contributed by atoms with E-state index in [1.165, 1.54) is 6.07 Å². The highest BCUT2D eigenvalue weighted by atomic mass is 35.5. The lowest BCUT2D eigenvalue weighted by Gasteiger charge is -2.14. The van der Waals surface area contributed by atoms with Crippen LogP contribution < -0.4 is 10.1 Å². The van der Waals surface area contributed by atoms with Crippen LogP contribution in [0.5, 0.6) is 5.75 Å². The maximum Gasteiger partial charge on any atom is 0.123 e. The molecule has 1 aromatic carbocycles. The summed E-state index contributed by atoms with van der Waals surface area (Å²) in [5.41, 5.74) is 0.935. The highest BCUT2D eigenvalue weighted by Gasteiger charge is 2.20. The third kappa shape index (κ3) is 2.61. The summed E-state index contributed by atoms with van der Waals surface area (Å²) in [6, 6.07) is 4.92. The minimum absolute atomic E-state index is 0. The quantitative estimate of drug-likeness (QED) is 0.845. The van der Waals surface area contributed by atoms with E-state index in [-0.39, 0.29) is 24.3 Å². The van der Waals surface area contributed by atoms with E-state index < -0.39 is 0 Å². The fourth-order valence-electron chi connectivity index (χ4n) is 1.93. The molecule has 15 heavy (non-hydrogen) atoms. The molecule has 2 rings (SSSR count). The van der Waals surface area contributed by atoms with Crippen molar-refractivity contribution >= 4 is 12.4 Å². The summed E-state index contributed by atoms with van der Waals surface area (Å²) in [5.74, 6) is 0.570. The van der Waals surface area contributed by atoms with Gasteiger partial charge in [-0.3, -0.25) is 0 Å². The van der Waals surface area contributed by atoms with Crippen LogP contribution in [0.2, 0.25) is 0 Å². The normalized spacial score (nSPS) is 19.7. The van der Waals surface area contributed by atoms with Gasteiger partial charge in [-0.05, 0) is 37.6 Å². The second kappa shape index (κ2) is 5.33. The SMILES string of the molecule is COc1ccc(F)cc1C1CCCN1.Cl. The van der Waals surface area contributed by atoms with E-state index >= 15 is 0 Å². The molecular formula is C11H15ClFNO. The van der Waals surface area contributed by atoms with Gasteiger partial charge in [0.25, 0.3) is 0 Å². The number of ether oxygens (including phenoxy) is 1. The van der Waals surface area contributed by atoms with Gasteiger partial charge >= 0.3 is 0 Å². The zero-order chi connectivity index (χ0) is 9.97. The lowest BCUT2D eigenvalue weighted by atomic mass is 10.0. The molecule has 0 aromatic heterocycles. The van der Waals surface area contributed by atoms with Gasteiger partial charge in [0.15, 0.2) is 0 Å². The Morgan fingerprint density at radius 2 is 2.27 bits per heavy atom. The summed E-state index contributed by atoms with van der Waals surface area (Å²) in [7, 11) is 1.62. The van der Waals surface area contributed by atoms with Crippen molar-refractivity contribution in [1.82, 2.24) is 5.32 Å². The molecule has 1 saturated heterocycles. The molecule has 1 unspecified atom stereocenters. The lowest BCUT2D eigenvalue weighted by Crippen LogP contribution is -2.14. The second-order valence-corrected chi connectivity index (χ2v) is 3.54. The predicted molar refractivity (Wildman–Crippen MR) is 60.2 cm³/mol. The Hall–Kier alpha value is -0.800. The molecule has 1 aromatic rings. The van der Waals surface area contributed by atoms with Crippen molar-refractivity contribution in [3.63, 3.8) is 0 Å². The first-order valence-electron chi connectivity index (χ1n) is 4.88. The summed E-state index contributed by atoms with van der Waals surface area (Å²) in [4.78, 5) is 0. The maximum atomic E-state index is 13.1. The van der Waals surface area contributed by atoms with Crippen LogP contribution >= 0.6 is 12.4 Å². The summed E-state index contributed by atoms with van der Waals surface area (Å²) in [6.07, 6.45) is 2.20. The predicted octanol–water partition coefficient (Wildman–Crippen LogP) is 2.68. The molecule has 0 amide bonds. The maximum absolute atomic E-state index is 13.1. The lowest BCUT2D eigenvalue weighted by molar-refractivity contribution is 0.401. The van der Waals surface area contributed by atoms with Gasteiger partial charge in [-0.15, -0.1) is 12.4 Å². The van der Waals surface area contributed by atoms with E-state index in [0.29, 0.717) is 0 Å². The molecule has 0 bridgehead atoms. The highest BCUT2D eigenvalue weighted by molar-refractivity contribution is 5.85. The summed E-state index contributed by atoms with van der Waals surface area (Å²) >= 11 is 0. The fourth-order valence-corrected chi connectivity index (χ4v) is 1.93. The molecule has 0 aliphatic carbocycles. The van der Waals surface area contributed by atoms with Crippen LogP contribution in [-0.2, 0) is 0 Å². The van der Waals surface area contributed by atoms with Crippen molar-refractivity contribution in [3.05, 3.63) is 29.6 Å². The molecule has 84 valence electrons. The van der Waals surface area contributed by atoms with E-state index in [1.807, 2.05) is 0 Å². The number of halogens is 2. The molecule has 0 radical (unpaired) electrons. The van der Waals surface area contributed by atoms with E-state index in [0.717, 1.165) is 30.7 Å². The van der Waals surface area contributed by atoms with Gasteiger partial charge in [0.2, 0.25) is 0 Å². The minimum atomic E-state index is -0.200. The van der Waals surface area contributed by atoms with Gasteiger partial charge < -0.3 is 10.1 Å². The Labute approximate surface area is 95.2 Å². The van der Waals surface area contributed by atoms with Crippen molar-refractivity contribution in [3.8, 4) is 5.75 Å². The Bertz CT molecular complexity index is 326. The van der Waals surface area contributed by atoms with Crippen molar-refractivity contribution in [2.24, 2.45) is 0 Å². The van der Waals surface area contributed by atoms with Crippen LogP contribution in [0.3, 0.4) is 0 Å². The first kappa shape index (κ1) is 12.3. The number of rotatable bonds is 2. The molecule has 2 nitrogen and oxygen atoms in total. The van der Waals surface area contributed by atoms with Crippen LogP contribution in [0.4, 0.5) is 4.39 Å². The van der Waals surface area contributed by atoms with E-state index in [1.54, 1.807) is 19.2 Å². The largest absolute Gasteiger partial charge is 0.496 e.